The first-order chi connectivity index (χ1) is 12.2. The molecule has 0 aromatic heterocycles. The Balaban J connectivity index is 1.35. The molecule has 7 nitrogen and oxygen atoms in total. The Bertz CT molecular complexity index is 575. The number of rotatable bonds is 6. The van der Waals surface area contributed by atoms with E-state index < -0.39 is 0 Å². The number of benzene rings is 1. The van der Waals surface area contributed by atoms with Crippen molar-refractivity contribution in [3.8, 4) is 5.75 Å². The van der Waals surface area contributed by atoms with Crippen LogP contribution in [0.5, 0.6) is 5.75 Å². The molecule has 136 valence electrons. The van der Waals surface area contributed by atoms with Crippen LogP contribution in [0.2, 0.25) is 0 Å². The zero-order chi connectivity index (χ0) is 17.5. The molecule has 2 fully saturated rings. The van der Waals surface area contributed by atoms with Gasteiger partial charge in [0.1, 0.15) is 5.75 Å². The molecule has 7 heteroatoms. The summed E-state index contributed by atoms with van der Waals surface area (Å²) in [5.41, 5.74) is 0. The highest BCUT2D eigenvalue weighted by Gasteiger charge is 2.30. The molecule has 25 heavy (non-hydrogen) atoms. The second-order valence-corrected chi connectivity index (χ2v) is 6.45. The summed E-state index contributed by atoms with van der Waals surface area (Å²) < 4.78 is 5.37. The zero-order valence-electron chi connectivity index (χ0n) is 14.4. The van der Waals surface area contributed by atoms with Crippen molar-refractivity contribution in [3.05, 3.63) is 30.3 Å². The van der Waals surface area contributed by atoms with Crippen LogP contribution in [0.4, 0.5) is 0 Å². The Morgan fingerprint density at radius 1 is 1.16 bits per heavy atom. The first-order valence-electron chi connectivity index (χ1n) is 8.89. The Morgan fingerprint density at radius 2 is 1.92 bits per heavy atom. The van der Waals surface area contributed by atoms with E-state index in [0.717, 1.165) is 45.7 Å². The average Bonchev–Trinajstić information content (AvgIpc) is 3.16. The SMILES string of the molecule is O=C(COc1ccccc1)NCC(=O)N1CCC(N2CCNCC2)C1. The molecule has 1 aromatic carbocycles. The average molecular weight is 346 g/mol. The van der Waals surface area contributed by atoms with E-state index in [0.29, 0.717) is 11.8 Å². The molecule has 0 saturated carbocycles. The van der Waals surface area contributed by atoms with Crippen molar-refractivity contribution in [3.63, 3.8) is 0 Å². The van der Waals surface area contributed by atoms with E-state index in [9.17, 15) is 9.59 Å². The molecule has 0 bridgehead atoms. The zero-order valence-corrected chi connectivity index (χ0v) is 14.4. The number of likely N-dealkylation sites (tertiary alicyclic amines) is 1. The monoisotopic (exact) mass is 346 g/mol. The van der Waals surface area contributed by atoms with E-state index in [4.69, 9.17) is 4.74 Å². The molecule has 0 radical (unpaired) electrons. The van der Waals surface area contributed by atoms with Gasteiger partial charge in [0.15, 0.2) is 6.61 Å². The third-order valence-electron chi connectivity index (χ3n) is 4.73. The molecule has 2 N–H and O–H groups in total. The lowest BCUT2D eigenvalue weighted by Crippen LogP contribution is -2.49. The van der Waals surface area contributed by atoms with Gasteiger partial charge in [-0.15, -0.1) is 0 Å². The number of para-hydroxylation sites is 1. The Morgan fingerprint density at radius 3 is 2.68 bits per heavy atom. The summed E-state index contributed by atoms with van der Waals surface area (Å²) in [5, 5.41) is 5.99. The summed E-state index contributed by atoms with van der Waals surface area (Å²) in [7, 11) is 0. The van der Waals surface area contributed by atoms with Gasteiger partial charge >= 0.3 is 0 Å². The number of carbonyl (C=O) groups excluding carboxylic acids is 2. The fraction of sp³-hybridized carbons (Fsp3) is 0.556. The lowest BCUT2D eigenvalue weighted by molar-refractivity contribution is -0.132. The number of nitrogens with one attached hydrogen (secondary N) is 2. The fourth-order valence-electron chi connectivity index (χ4n) is 3.32. The molecule has 2 aliphatic rings. The largest absolute Gasteiger partial charge is 0.484 e. The number of ether oxygens (including phenoxy) is 1. The number of hydrogen-bond acceptors (Lipinski definition) is 5. The maximum Gasteiger partial charge on any atom is 0.258 e. The van der Waals surface area contributed by atoms with Gasteiger partial charge in [-0.1, -0.05) is 18.2 Å². The van der Waals surface area contributed by atoms with Crippen LogP contribution < -0.4 is 15.4 Å². The molecule has 1 unspecified atom stereocenters. The summed E-state index contributed by atoms with van der Waals surface area (Å²) >= 11 is 0. The highest BCUT2D eigenvalue weighted by atomic mass is 16.5. The van der Waals surface area contributed by atoms with Gasteiger partial charge in [0, 0.05) is 45.3 Å². The van der Waals surface area contributed by atoms with Gasteiger partial charge in [-0.25, -0.2) is 0 Å². The highest BCUT2D eigenvalue weighted by Crippen LogP contribution is 2.16. The minimum Gasteiger partial charge on any atom is -0.484 e. The maximum absolute atomic E-state index is 12.3. The summed E-state index contributed by atoms with van der Waals surface area (Å²) in [6, 6.07) is 9.61. The fourth-order valence-corrected chi connectivity index (χ4v) is 3.32. The Kier molecular flexibility index (Phi) is 6.25. The predicted molar refractivity (Wildman–Crippen MR) is 94.4 cm³/mol. The van der Waals surface area contributed by atoms with Gasteiger partial charge in [0.2, 0.25) is 5.91 Å². The van der Waals surface area contributed by atoms with Crippen molar-refractivity contribution in [1.82, 2.24) is 20.4 Å². The van der Waals surface area contributed by atoms with Crippen molar-refractivity contribution in [2.45, 2.75) is 12.5 Å². The van der Waals surface area contributed by atoms with Crippen molar-refractivity contribution in [1.29, 1.82) is 0 Å². The molecule has 2 amide bonds. The van der Waals surface area contributed by atoms with Crippen LogP contribution in [0.3, 0.4) is 0 Å². The summed E-state index contributed by atoms with van der Waals surface area (Å²) in [5.74, 6) is 0.336. The first kappa shape index (κ1) is 17.7. The molecule has 3 rings (SSSR count). The topological polar surface area (TPSA) is 73.9 Å². The van der Waals surface area contributed by atoms with Crippen LogP contribution in [-0.4, -0.2) is 80.1 Å². The van der Waals surface area contributed by atoms with E-state index in [-0.39, 0.29) is 25.0 Å². The van der Waals surface area contributed by atoms with Gasteiger partial charge in [-0.3, -0.25) is 14.5 Å². The van der Waals surface area contributed by atoms with Crippen molar-refractivity contribution < 1.29 is 14.3 Å². The number of hydrogen-bond donors (Lipinski definition) is 2. The normalized spacial score (nSPS) is 21.1. The molecule has 0 aliphatic carbocycles. The number of nitrogens with zero attached hydrogens (tertiary/aromatic N) is 2. The van der Waals surface area contributed by atoms with Crippen LogP contribution in [0.25, 0.3) is 0 Å². The van der Waals surface area contributed by atoms with Gasteiger partial charge in [-0.2, -0.15) is 0 Å². The van der Waals surface area contributed by atoms with Crippen LogP contribution in [-0.2, 0) is 9.59 Å². The number of piperazine rings is 1. The lowest BCUT2D eigenvalue weighted by Gasteiger charge is -2.32. The second-order valence-electron chi connectivity index (χ2n) is 6.45. The molecule has 2 heterocycles. The predicted octanol–water partition coefficient (Wildman–Crippen LogP) is -0.312. The smallest absolute Gasteiger partial charge is 0.258 e. The molecular weight excluding hydrogens is 320 g/mol. The molecule has 1 atom stereocenters. The first-order valence-corrected chi connectivity index (χ1v) is 8.89. The van der Waals surface area contributed by atoms with Gasteiger partial charge in [-0.05, 0) is 18.6 Å². The van der Waals surface area contributed by atoms with Crippen molar-refractivity contribution in [2.75, 3.05) is 52.4 Å². The molecular formula is C18H26N4O3. The Hall–Kier alpha value is -2.12. The van der Waals surface area contributed by atoms with Crippen molar-refractivity contribution >= 4 is 11.8 Å². The number of amides is 2. The third-order valence-corrected chi connectivity index (χ3v) is 4.73. The van der Waals surface area contributed by atoms with E-state index in [1.54, 1.807) is 12.1 Å². The minimum atomic E-state index is -0.282. The van der Waals surface area contributed by atoms with Gasteiger partial charge in [0.05, 0.1) is 6.54 Å². The minimum absolute atomic E-state index is 0.0225. The summed E-state index contributed by atoms with van der Waals surface area (Å²) in [6.45, 7) is 5.59. The van der Waals surface area contributed by atoms with Gasteiger partial charge < -0.3 is 20.3 Å². The maximum atomic E-state index is 12.3. The molecule has 2 saturated heterocycles. The lowest BCUT2D eigenvalue weighted by atomic mass is 10.2. The Labute approximate surface area is 148 Å². The molecule has 1 aromatic rings. The molecule has 0 spiro atoms. The highest BCUT2D eigenvalue weighted by molar-refractivity contribution is 5.85. The van der Waals surface area contributed by atoms with Gasteiger partial charge in [0.25, 0.3) is 5.91 Å². The van der Waals surface area contributed by atoms with E-state index >= 15 is 0 Å². The van der Waals surface area contributed by atoms with Crippen LogP contribution in [0.15, 0.2) is 30.3 Å². The standard InChI is InChI=1S/C18H26N4O3/c23-17(14-25-16-4-2-1-3-5-16)20-12-18(24)22-9-6-15(13-22)21-10-7-19-8-11-21/h1-5,15,19H,6-14H2,(H,20,23). The van der Waals surface area contributed by atoms with E-state index in [1.165, 1.54) is 0 Å². The van der Waals surface area contributed by atoms with Crippen LogP contribution >= 0.6 is 0 Å². The summed E-state index contributed by atoms with van der Waals surface area (Å²) in [6.07, 6.45) is 1.01. The molecule has 2 aliphatic heterocycles. The quantitative estimate of drug-likeness (QED) is 0.739. The number of carbonyl (C=O) groups is 2. The van der Waals surface area contributed by atoms with E-state index in [1.807, 2.05) is 23.1 Å². The third kappa shape index (κ3) is 5.17. The van der Waals surface area contributed by atoms with Crippen LogP contribution in [0.1, 0.15) is 6.42 Å². The van der Waals surface area contributed by atoms with Crippen molar-refractivity contribution in [2.24, 2.45) is 0 Å². The van der Waals surface area contributed by atoms with E-state index in [2.05, 4.69) is 15.5 Å². The second kappa shape index (κ2) is 8.82. The summed E-state index contributed by atoms with van der Waals surface area (Å²) in [4.78, 5) is 28.4. The van der Waals surface area contributed by atoms with Crippen LogP contribution in [0, 0.1) is 0 Å².